The SMILES string of the molecule is Oc1ccc(-c2ccc(-c3ccccc3)cc2)c2ccccc12. The third kappa shape index (κ3) is 2.47. The maximum absolute atomic E-state index is 10.0. The number of fused-ring (bicyclic) bond motifs is 1. The van der Waals surface area contributed by atoms with Crippen molar-refractivity contribution < 1.29 is 5.11 Å². The molecule has 0 aliphatic carbocycles. The fourth-order valence-electron chi connectivity index (χ4n) is 3.01. The molecule has 0 radical (unpaired) electrons. The molecule has 0 unspecified atom stereocenters. The van der Waals surface area contributed by atoms with Crippen LogP contribution in [0.2, 0.25) is 0 Å². The first-order chi connectivity index (χ1) is 11.3. The summed E-state index contributed by atoms with van der Waals surface area (Å²) in [6.07, 6.45) is 0. The van der Waals surface area contributed by atoms with Crippen molar-refractivity contribution in [2.75, 3.05) is 0 Å². The smallest absolute Gasteiger partial charge is 0.123 e. The van der Waals surface area contributed by atoms with Gasteiger partial charge in [0.2, 0.25) is 0 Å². The highest BCUT2D eigenvalue weighted by Gasteiger charge is 2.07. The summed E-state index contributed by atoms with van der Waals surface area (Å²) in [5, 5.41) is 12.0. The van der Waals surface area contributed by atoms with Gasteiger partial charge in [-0.05, 0) is 33.7 Å². The average Bonchev–Trinajstić information content (AvgIpc) is 2.63. The Morgan fingerprint density at radius 1 is 0.435 bits per heavy atom. The first kappa shape index (κ1) is 13.6. The molecule has 0 aliphatic heterocycles. The molecule has 0 amide bonds. The molecule has 0 atom stereocenters. The summed E-state index contributed by atoms with van der Waals surface area (Å²) in [6, 6.07) is 30.6. The fourth-order valence-corrected chi connectivity index (χ4v) is 3.01. The van der Waals surface area contributed by atoms with E-state index in [4.69, 9.17) is 0 Å². The van der Waals surface area contributed by atoms with E-state index in [0.717, 1.165) is 21.9 Å². The van der Waals surface area contributed by atoms with E-state index in [-0.39, 0.29) is 0 Å². The van der Waals surface area contributed by atoms with Gasteiger partial charge in [0.25, 0.3) is 0 Å². The maximum Gasteiger partial charge on any atom is 0.123 e. The Morgan fingerprint density at radius 2 is 1.00 bits per heavy atom. The van der Waals surface area contributed by atoms with Gasteiger partial charge in [-0.3, -0.25) is 0 Å². The minimum Gasteiger partial charge on any atom is -0.507 e. The molecule has 4 aromatic rings. The van der Waals surface area contributed by atoms with Gasteiger partial charge in [-0.1, -0.05) is 84.9 Å². The Balaban J connectivity index is 1.82. The quantitative estimate of drug-likeness (QED) is 0.490. The first-order valence-electron chi connectivity index (χ1n) is 7.69. The Kier molecular flexibility index (Phi) is 3.32. The molecule has 1 nitrogen and oxygen atoms in total. The molecule has 110 valence electrons. The van der Waals surface area contributed by atoms with Gasteiger partial charge in [-0.2, -0.15) is 0 Å². The lowest BCUT2D eigenvalue weighted by Gasteiger charge is -2.09. The Bertz CT molecular complexity index is 954. The fraction of sp³-hybridized carbons (Fsp3) is 0. The number of phenols is 1. The second-order valence-electron chi connectivity index (χ2n) is 5.62. The van der Waals surface area contributed by atoms with Crippen LogP contribution in [0.1, 0.15) is 0 Å². The van der Waals surface area contributed by atoms with Crippen LogP contribution in [0.5, 0.6) is 5.75 Å². The van der Waals surface area contributed by atoms with E-state index in [2.05, 4.69) is 54.6 Å². The summed E-state index contributed by atoms with van der Waals surface area (Å²) in [6.45, 7) is 0. The van der Waals surface area contributed by atoms with Gasteiger partial charge in [-0.25, -0.2) is 0 Å². The van der Waals surface area contributed by atoms with E-state index in [1.54, 1.807) is 6.07 Å². The second kappa shape index (κ2) is 5.62. The summed E-state index contributed by atoms with van der Waals surface area (Å²) < 4.78 is 0. The van der Waals surface area contributed by atoms with Crippen LogP contribution in [0.3, 0.4) is 0 Å². The maximum atomic E-state index is 10.0. The molecule has 4 rings (SSSR count). The largest absolute Gasteiger partial charge is 0.507 e. The minimum absolute atomic E-state index is 0.324. The molecule has 1 N–H and O–H groups in total. The zero-order chi connectivity index (χ0) is 15.6. The van der Waals surface area contributed by atoms with Gasteiger partial charge in [0.15, 0.2) is 0 Å². The normalized spacial score (nSPS) is 10.8. The number of hydrogen-bond acceptors (Lipinski definition) is 1. The number of hydrogen-bond donors (Lipinski definition) is 1. The van der Waals surface area contributed by atoms with Crippen LogP contribution in [0.15, 0.2) is 91.0 Å². The molecule has 0 saturated heterocycles. The summed E-state index contributed by atoms with van der Waals surface area (Å²) in [7, 11) is 0. The van der Waals surface area contributed by atoms with Gasteiger partial charge in [-0.15, -0.1) is 0 Å². The zero-order valence-corrected chi connectivity index (χ0v) is 12.6. The third-order valence-electron chi connectivity index (χ3n) is 4.20. The van der Waals surface area contributed by atoms with Crippen LogP contribution in [0, 0.1) is 0 Å². The molecule has 1 heteroatoms. The second-order valence-corrected chi connectivity index (χ2v) is 5.62. The number of aromatic hydroxyl groups is 1. The van der Waals surface area contributed by atoms with Crippen molar-refractivity contribution in [1.82, 2.24) is 0 Å². The number of phenolic OH excluding ortho intramolecular Hbond substituents is 1. The van der Waals surface area contributed by atoms with Crippen LogP contribution >= 0.6 is 0 Å². The van der Waals surface area contributed by atoms with Crippen LogP contribution < -0.4 is 0 Å². The highest BCUT2D eigenvalue weighted by molar-refractivity contribution is 6.00. The summed E-state index contributed by atoms with van der Waals surface area (Å²) >= 11 is 0. The lowest BCUT2D eigenvalue weighted by Crippen LogP contribution is -1.83. The molecular formula is C22H16O. The Labute approximate surface area is 135 Å². The van der Waals surface area contributed by atoms with Crippen molar-refractivity contribution >= 4 is 10.8 Å². The van der Waals surface area contributed by atoms with Gasteiger partial charge < -0.3 is 5.11 Å². The molecule has 0 aliphatic rings. The first-order valence-corrected chi connectivity index (χ1v) is 7.69. The standard InChI is InChI=1S/C22H16O/c23-22-15-14-19(20-8-4-5-9-21(20)22)18-12-10-17(11-13-18)16-6-2-1-3-7-16/h1-15,23H. The van der Waals surface area contributed by atoms with E-state index in [1.165, 1.54) is 11.1 Å². The molecule has 0 bridgehead atoms. The third-order valence-corrected chi connectivity index (χ3v) is 4.20. The topological polar surface area (TPSA) is 20.2 Å². The molecule has 0 spiro atoms. The number of benzene rings is 4. The number of rotatable bonds is 2. The van der Waals surface area contributed by atoms with E-state index in [1.807, 2.05) is 30.3 Å². The van der Waals surface area contributed by atoms with E-state index >= 15 is 0 Å². The molecular weight excluding hydrogens is 280 g/mol. The predicted molar refractivity (Wildman–Crippen MR) is 96.5 cm³/mol. The molecule has 0 saturated carbocycles. The van der Waals surface area contributed by atoms with Crippen molar-refractivity contribution in [3.05, 3.63) is 91.0 Å². The van der Waals surface area contributed by atoms with Crippen LogP contribution in [-0.2, 0) is 0 Å². The van der Waals surface area contributed by atoms with E-state index < -0.39 is 0 Å². The summed E-state index contributed by atoms with van der Waals surface area (Å²) in [5.74, 6) is 0.324. The highest BCUT2D eigenvalue weighted by Crippen LogP contribution is 2.34. The van der Waals surface area contributed by atoms with Crippen molar-refractivity contribution in [1.29, 1.82) is 0 Å². The monoisotopic (exact) mass is 296 g/mol. The zero-order valence-electron chi connectivity index (χ0n) is 12.6. The summed E-state index contributed by atoms with van der Waals surface area (Å²) in [5.41, 5.74) is 4.71. The van der Waals surface area contributed by atoms with Gasteiger partial charge in [0, 0.05) is 5.39 Å². The Hall–Kier alpha value is -3.06. The molecule has 0 fully saturated rings. The molecule has 4 aromatic carbocycles. The lowest BCUT2D eigenvalue weighted by molar-refractivity contribution is 0.481. The van der Waals surface area contributed by atoms with Crippen molar-refractivity contribution in [2.45, 2.75) is 0 Å². The molecule has 0 heterocycles. The van der Waals surface area contributed by atoms with E-state index in [0.29, 0.717) is 5.75 Å². The van der Waals surface area contributed by atoms with Gasteiger partial charge >= 0.3 is 0 Å². The predicted octanol–water partition coefficient (Wildman–Crippen LogP) is 5.88. The average molecular weight is 296 g/mol. The van der Waals surface area contributed by atoms with E-state index in [9.17, 15) is 5.11 Å². The lowest BCUT2D eigenvalue weighted by atomic mass is 9.96. The highest BCUT2D eigenvalue weighted by atomic mass is 16.3. The van der Waals surface area contributed by atoms with Gasteiger partial charge in [0.1, 0.15) is 5.75 Å². The van der Waals surface area contributed by atoms with Gasteiger partial charge in [0.05, 0.1) is 0 Å². The van der Waals surface area contributed by atoms with Crippen molar-refractivity contribution in [3.63, 3.8) is 0 Å². The minimum atomic E-state index is 0.324. The van der Waals surface area contributed by atoms with Crippen molar-refractivity contribution in [3.8, 4) is 28.0 Å². The van der Waals surface area contributed by atoms with Crippen LogP contribution in [-0.4, -0.2) is 5.11 Å². The molecule has 0 aromatic heterocycles. The molecule has 23 heavy (non-hydrogen) atoms. The van der Waals surface area contributed by atoms with Crippen molar-refractivity contribution in [2.24, 2.45) is 0 Å². The van der Waals surface area contributed by atoms with Crippen LogP contribution in [0.25, 0.3) is 33.0 Å². The Morgan fingerprint density at radius 3 is 1.74 bits per heavy atom. The van der Waals surface area contributed by atoms with Crippen LogP contribution in [0.4, 0.5) is 0 Å². The summed E-state index contributed by atoms with van der Waals surface area (Å²) in [4.78, 5) is 0.